The molecule has 2 fully saturated rings. The lowest BCUT2D eigenvalue weighted by Gasteiger charge is -2.31. The van der Waals surface area contributed by atoms with Crippen LogP contribution in [0.4, 0.5) is 4.79 Å². The number of carbonyl (C=O) groups excluding carboxylic acids is 4. The van der Waals surface area contributed by atoms with Gasteiger partial charge >= 0.3 is 0 Å². The van der Waals surface area contributed by atoms with Crippen LogP contribution in [0, 0.1) is 12.8 Å². The molecule has 7 nitrogen and oxygen atoms in total. The fraction of sp³-hybridized carbons (Fsp3) is 0.308. The zero-order valence-electron chi connectivity index (χ0n) is 19.0. The maximum Gasteiger partial charge on any atom is 0.293 e. The van der Waals surface area contributed by atoms with Crippen molar-refractivity contribution in [1.82, 2.24) is 15.1 Å². The van der Waals surface area contributed by atoms with Crippen molar-refractivity contribution in [2.75, 3.05) is 26.2 Å². The summed E-state index contributed by atoms with van der Waals surface area (Å²) in [5, 5.41) is 2.52. The fourth-order valence-corrected chi connectivity index (χ4v) is 5.02. The van der Waals surface area contributed by atoms with Crippen molar-refractivity contribution in [1.29, 1.82) is 0 Å². The van der Waals surface area contributed by atoms with Gasteiger partial charge in [-0.15, -0.1) is 0 Å². The van der Waals surface area contributed by atoms with E-state index in [4.69, 9.17) is 0 Å². The van der Waals surface area contributed by atoms with E-state index in [1.807, 2.05) is 61.5 Å². The van der Waals surface area contributed by atoms with Crippen LogP contribution in [0.5, 0.6) is 0 Å². The maximum atomic E-state index is 12.8. The van der Waals surface area contributed by atoms with E-state index < -0.39 is 0 Å². The lowest BCUT2D eigenvalue weighted by molar-refractivity contribution is -0.127. The smallest absolute Gasteiger partial charge is 0.293 e. The lowest BCUT2D eigenvalue weighted by atomic mass is 9.95. The lowest BCUT2D eigenvalue weighted by Crippen LogP contribution is -2.44. The molecule has 2 aliphatic heterocycles. The highest BCUT2D eigenvalue weighted by Crippen LogP contribution is 2.31. The molecular formula is C26H27N3O4S. The van der Waals surface area contributed by atoms with Gasteiger partial charge in [0, 0.05) is 37.7 Å². The number of thioether (sulfide) groups is 1. The Morgan fingerprint density at radius 2 is 1.71 bits per heavy atom. The molecule has 8 heteroatoms. The number of aryl methyl sites for hydroxylation is 1. The predicted molar refractivity (Wildman–Crippen MR) is 132 cm³/mol. The van der Waals surface area contributed by atoms with Gasteiger partial charge in [0.15, 0.2) is 0 Å². The molecular weight excluding hydrogens is 450 g/mol. The summed E-state index contributed by atoms with van der Waals surface area (Å²) in [4.78, 5) is 53.6. The van der Waals surface area contributed by atoms with Crippen molar-refractivity contribution in [2.24, 2.45) is 5.92 Å². The number of rotatable bonds is 6. The number of imide groups is 1. The fourth-order valence-electron chi connectivity index (χ4n) is 4.16. The second kappa shape index (κ2) is 10.7. The van der Waals surface area contributed by atoms with Gasteiger partial charge in [-0.1, -0.05) is 48.5 Å². The monoisotopic (exact) mass is 477 g/mol. The van der Waals surface area contributed by atoms with Gasteiger partial charge in [-0.2, -0.15) is 0 Å². The highest BCUT2D eigenvalue weighted by atomic mass is 32.2. The van der Waals surface area contributed by atoms with Crippen molar-refractivity contribution in [2.45, 2.75) is 19.8 Å². The van der Waals surface area contributed by atoms with Crippen molar-refractivity contribution >= 4 is 40.8 Å². The standard InChI is InChI=1S/C26H27N3O4S/c1-18-7-5-6-10-21(18)24(31)28-14-11-20(12-15-28)23(30)27-13-16-29-25(32)22(34-26(29)33)17-19-8-3-2-4-9-19/h2-10,17,20H,11-16H2,1H3,(H,27,30)/b22-17+. The summed E-state index contributed by atoms with van der Waals surface area (Å²) < 4.78 is 0. The van der Waals surface area contributed by atoms with E-state index in [1.165, 1.54) is 4.90 Å². The number of likely N-dealkylation sites (tertiary alicyclic amines) is 1. The Morgan fingerprint density at radius 3 is 2.41 bits per heavy atom. The van der Waals surface area contributed by atoms with Crippen LogP contribution in [0.3, 0.4) is 0 Å². The summed E-state index contributed by atoms with van der Waals surface area (Å²) in [5.41, 5.74) is 2.50. The third-order valence-corrected chi connectivity index (χ3v) is 7.04. The van der Waals surface area contributed by atoms with Gasteiger partial charge in [-0.25, -0.2) is 0 Å². The summed E-state index contributed by atoms with van der Waals surface area (Å²) in [6, 6.07) is 16.9. The highest BCUT2D eigenvalue weighted by Gasteiger charge is 2.35. The highest BCUT2D eigenvalue weighted by molar-refractivity contribution is 8.18. The van der Waals surface area contributed by atoms with E-state index in [2.05, 4.69) is 5.32 Å². The Kier molecular flexibility index (Phi) is 7.47. The number of hydrogen-bond donors (Lipinski definition) is 1. The first-order chi connectivity index (χ1) is 16.4. The zero-order chi connectivity index (χ0) is 24.1. The van der Waals surface area contributed by atoms with Crippen LogP contribution >= 0.6 is 11.8 Å². The van der Waals surface area contributed by atoms with Crippen LogP contribution in [-0.4, -0.2) is 58.9 Å². The summed E-state index contributed by atoms with van der Waals surface area (Å²) in [6.45, 7) is 3.31. The van der Waals surface area contributed by atoms with Crippen molar-refractivity contribution < 1.29 is 19.2 Å². The first kappa shape index (κ1) is 23.8. The van der Waals surface area contributed by atoms with Crippen LogP contribution < -0.4 is 5.32 Å². The maximum absolute atomic E-state index is 12.8. The minimum atomic E-state index is -0.337. The van der Waals surface area contributed by atoms with E-state index in [0.717, 1.165) is 22.9 Å². The van der Waals surface area contributed by atoms with Gasteiger partial charge in [0.05, 0.1) is 4.91 Å². The predicted octanol–water partition coefficient (Wildman–Crippen LogP) is 3.70. The van der Waals surface area contributed by atoms with Crippen molar-refractivity contribution in [3.05, 3.63) is 76.2 Å². The molecule has 4 rings (SSSR count). The summed E-state index contributed by atoms with van der Waals surface area (Å²) >= 11 is 0.914. The molecule has 4 amide bonds. The summed E-state index contributed by atoms with van der Waals surface area (Å²) in [7, 11) is 0. The van der Waals surface area contributed by atoms with Crippen LogP contribution in [0.15, 0.2) is 59.5 Å². The molecule has 34 heavy (non-hydrogen) atoms. The molecule has 0 bridgehead atoms. The minimum absolute atomic E-state index is 0.000113. The van der Waals surface area contributed by atoms with Crippen molar-refractivity contribution in [3.63, 3.8) is 0 Å². The molecule has 0 unspecified atom stereocenters. The third-order valence-electron chi connectivity index (χ3n) is 6.13. The Hall–Kier alpha value is -3.39. The molecule has 2 aromatic carbocycles. The van der Waals surface area contributed by atoms with Crippen LogP contribution in [-0.2, 0) is 9.59 Å². The average Bonchev–Trinajstić information content (AvgIpc) is 3.12. The molecule has 2 aromatic rings. The second-order valence-corrected chi connectivity index (χ2v) is 9.41. The molecule has 0 aromatic heterocycles. The molecule has 1 N–H and O–H groups in total. The Bertz CT molecular complexity index is 1120. The Morgan fingerprint density at radius 1 is 1.03 bits per heavy atom. The number of piperidine rings is 1. The van der Waals surface area contributed by atoms with Crippen LogP contribution in [0.2, 0.25) is 0 Å². The summed E-state index contributed by atoms with van der Waals surface area (Å²) in [5.74, 6) is -0.625. The number of nitrogens with one attached hydrogen (secondary N) is 1. The molecule has 2 aliphatic rings. The van der Waals surface area contributed by atoms with Crippen molar-refractivity contribution in [3.8, 4) is 0 Å². The number of amides is 4. The number of nitrogens with zero attached hydrogens (tertiary/aromatic N) is 2. The van der Waals surface area contributed by atoms with Gasteiger partial charge in [-0.3, -0.25) is 24.1 Å². The van der Waals surface area contributed by atoms with Gasteiger partial charge in [0.2, 0.25) is 5.91 Å². The number of carbonyl (C=O) groups is 4. The molecule has 0 atom stereocenters. The van der Waals surface area contributed by atoms with E-state index in [0.29, 0.717) is 36.4 Å². The Balaban J connectivity index is 1.24. The Labute approximate surface area is 203 Å². The molecule has 0 radical (unpaired) electrons. The first-order valence-corrected chi connectivity index (χ1v) is 12.2. The average molecular weight is 478 g/mol. The number of benzene rings is 2. The summed E-state index contributed by atoms with van der Waals surface area (Å²) in [6.07, 6.45) is 2.88. The van der Waals surface area contributed by atoms with E-state index in [9.17, 15) is 19.2 Å². The molecule has 0 aliphatic carbocycles. The normalized spacial score (nSPS) is 18.0. The minimum Gasteiger partial charge on any atom is -0.354 e. The van der Waals surface area contributed by atoms with Crippen LogP contribution in [0.1, 0.15) is 34.3 Å². The molecule has 2 saturated heterocycles. The van der Waals surface area contributed by atoms with Gasteiger partial charge in [0.25, 0.3) is 17.1 Å². The second-order valence-electron chi connectivity index (χ2n) is 8.42. The van der Waals surface area contributed by atoms with Gasteiger partial charge < -0.3 is 10.2 Å². The first-order valence-electron chi connectivity index (χ1n) is 11.4. The molecule has 0 saturated carbocycles. The molecule has 0 spiro atoms. The quantitative estimate of drug-likeness (QED) is 0.641. The van der Waals surface area contributed by atoms with Crippen LogP contribution in [0.25, 0.3) is 6.08 Å². The largest absolute Gasteiger partial charge is 0.354 e. The molecule has 2 heterocycles. The van der Waals surface area contributed by atoms with Gasteiger partial charge in [-0.05, 0) is 54.8 Å². The number of hydrogen-bond acceptors (Lipinski definition) is 5. The topological polar surface area (TPSA) is 86.8 Å². The molecule has 176 valence electrons. The van der Waals surface area contributed by atoms with E-state index in [-0.39, 0.29) is 42.0 Å². The van der Waals surface area contributed by atoms with E-state index >= 15 is 0 Å². The van der Waals surface area contributed by atoms with Gasteiger partial charge in [0.1, 0.15) is 0 Å². The third kappa shape index (κ3) is 5.39. The zero-order valence-corrected chi connectivity index (χ0v) is 19.8. The van der Waals surface area contributed by atoms with E-state index in [1.54, 1.807) is 11.0 Å². The SMILES string of the molecule is Cc1ccccc1C(=O)N1CCC(C(=O)NCCN2C(=O)S/C(=C/c3ccccc3)C2=O)CC1.